The second-order valence-electron chi connectivity index (χ2n) is 5.74. The third-order valence-corrected chi connectivity index (χ3v) is 6.36. The minimum absolute atomic E-state index is 0. The summed E-state index contributed by atoms with van der Waals surface area (Å²) >= 11 is 3.05. The van der Waals surface area contributed by atoms with Crippen LogP contribution in [0.4, 0.5) is 0 Å². The number of halogens is 1. The fraction of sp³-hybridized carbons (Fsp3) is 0.278. The van der Waals surface area contributed by atoms with Gasteiger partial charge in [-0.15, -0.1) is 22.7 Å². The van der Waals surface area contributed by atoms with Gasteiger partial charge >= 0.3 is 0 Å². The summed E-state index contributed by atoms with van der Waals surface area (Å²) in [5, 5.41) is 8.49. The molecular weight excluding hydrogens is 406 g/mol. The summed E-state index contributed by atoms with van der Waals surface area (Å²) in [5.74, 6) is 1.04. The number of hydrogen-bond donors (Lipinski definition) is 1. The normalized spacial score (nSPS) is 10.6. The summed E-state index contributed by atoms with van der Waals surface area (Å²) in [7, 11) is 0.419. The van der Waals surface area contributed by atoms with Gasteiger partial charge in [-0.1, -0.05) is 30.3 Å². The van der Waals surface area contributed by atoms with E-state index in [2.05, 4.69) is 27.8 Å². The van der Waals surface area contributed by atoms with Gasteiger partial charge in [-0.2, -0.15) is 0 Å². The fourth-order valence-corrected chi connectivity index (χ4v) is 4.60. The van der Waals surface area contributed by atoms with Crippen LogP contribution in [-0.2, 0) is 10.9 Å². The molecule has 0 saturated carbocycles. The summed E-state index contributed by atoms with van der Waals surface area (Å²) in [6, 6.07) is 10.1. The van der Waals surface area contributed by atoms with Crippen LogP contribution in [0.25, 0.3) is 21.3 Å². The molecule has 4 nitrogen and oxygen atoms in total. The molecule has 1 N–H and O–H groups in total. The molecule has 0 bridgehead atoms. The topological polar surface area (TPSA) is 54.9 Å². The first kappa shape index (κ1) is 20.9. The van der Waals surface area contributed by atoms with Crippen molar-refractivity contribution in [1.29, 1.82) is 0 Å². The number of hydrogen-bond acceptors (Lipinski definition) is 5. The third-order valence-electron chi connectivity index (χ3n) is 3.50. The Morgan fingerprint density at radius 3 is 2.54 bits per heavy atom. The molecule has 0 radical (unpaired) electrons. The lowest BCUT2D eigenvalue weighted by Gasteiger charge is -2.01. The largest absolute Gasteiger partial charge is 1.00 e. The standard InChI is InChI=1S/C18H19N3OS3.ClH/c1-25(2)10-6-9-19-16(22)14-11-24-18(20-14)15-12-23-17(21-15)13-7-4-3-5-8-13;/h3-5,7-8,11-12H,6,9-10H2,1-2H3;1H. The predicted octanol–water partition coefficient (Wildman–Crippen LogP) is 0.935. The SMILES string of the molecule is C[S+](C)CCCNC(=O)c1csc(-c2csc(-c3ccccc3)n2)n1.[Cl-]. The van der Waals surface area contributed by atoms with E-state index >= 15 is 0 Å². The molecule has 2 aromatic heterocycles. The van der Waals surface area contributed by atoms with Crippen LogP contribution in [0.2, 0.25) is 0 Å². The molecule has 3 aromatic rings. The zero-order valence-electron chi connectivity index (χ0n) is 14.6. The lowest BCUT2D eigenvalue weighted by Crippen LogP contribution is -3.00. The highest BCUT2D eigenvalue weighted by Crippen LogP contribution is 2.30. The van der Waals surface area contributed by atoms with E-state index in [0.717, 1.165) is 33.4 Å². The van der Waals surface area contributed by atoms with Crippen molar-refractivity contribution in [3.8, 4) is 21.3 Å². The Bertz CT molecular complexity index is 833. The summed E-state index contributed by atoms with van der Waals surface area (Å²) < 4.78 is 0. The molecule has 138 valence electrons. The van der Waals surface area contributed by atoms with Crippen LogP contribution in [-0.4, -0.2) is 40.7 Å². The summed E-state index contributed by atoms with van der Waals surface area (Å²) in [4.78, 5) is 21.3. The number of carbonyl (C=O) groups excluding carboxylic acids is 1. The van der Waals surface area contributed by atoms with Crippen molar-refractivity contribution in [2.75, 3.05) is 24.8 Å². The highest BCUT2D eigenvalue weighted by atomic mass is 35.5. The quantitative estimate of drug-likeness (QED) is 0.452. The molecule has 2 heterocycles. The summed E-state index contributed by atoms with van der Waals surface area (Å²) in [6.45, 7) is 0.700. The fourth-order valence-electron chi connectivity index (χ4n) is 2.23. The zero-order valence-corrected chi connectivity index (χ0v) is 17.8. The van der Waals surface area contributed by atoms with Gasteiger partial charge in [0.15, 0.2) is 0 Å². The molecular formula is C18H20ClN3OS3. The average Bonchev–Trinajstić information content (AvgIpc) is 3.28. The van der Waals surface area contributed by atoms with Crippen LogP contribution in [0.5, 0.6) is 0 Å². The second-order valence-corrected chi connectivity index (χ2v) is 9.84. The Labute approximate surface area is 170 Å². The molecule has 0 aliphatic rings. The number of nitrogens with one attached hydrogen (secondary N) is 1. The Hall–Kier alpha value is -1.41. The minimum Gasteiger partial charge on any atom is -1.00 e. The molecule has 1 amide bonds. The van der Waals surface area contributed by atoms with Gasteiger partial charge in [0.1, 0.15) is 27.2 Å². The molecule has 0 aliphatic carbocycles. The lowest BCUT2D eigenvalue weighted by atomic mass is 10.2. The van der Waals surface area contributed by atoms with Crippen molar-refractivity contribution in [3.05, 3.63) is 46.8 Å². The molecule has 0 fully saturated rings. The number of aromatic nitrogens is 2. The maximum Gasteiger partial charge on any atom is 0.270 e. The van der Waals surface area contributed by atoms with Crippen molar-refractivity contribution in [3.63, 3.8) is 0 Å². The van der Waals surface area contributed by atoms with Gasteiger partial charge in [0, 0.05) is 29.3 Å². The van der Waals surface area contributed by atoms with Crippen molar-refractivity contribution >= 4 is 39.5 Å². The molecule has 3 rings (SSSR count). The smallest absolute Gasteiger partial charge is 0.270 e. The van der Waals surface area contributed by atoms with Gasteiger partial charge in [-0.3, -0.25) is 4.79 Å². The van der Waals surface area contributed by atoms with E-state index in [1.165, 1.54) is 11.3 Å². The van der Waals surface area contributed by atoms with Crippen LogP contribution < -0.4 is 17.7 Å². The second kappa shape index (κ2) is 10.1. The predicted molar refractivity (Wildman–Crippen MR) is 110 cm³/mol. The monoisotopic (exact) mass is 425 g/mol. The van der Waals surface area contributed by atoms with Crippen molar-refractivity contribution in [2.45, 2.75) is 6.42 Å². The number of thiazole rings is 2. The van der Waals surface area contributed by atoms with Crippen LogP contribution in [0.15, 0.2) is 41.1 Å². The van der Waals surface area contributed by atoms with Gasteiger partial charge < -0.3 is 17.7 Å². The molecule has 0 saturated heterocycles. The van der Waals surface area contributed by atoms with E-state index < -0.39 is 0 Å². The molecule has 26 heavy (non-hydrogen) atoms. The molecule has 0 aliphatic heterocycles. The summed E-state index contributed by atoms with van der Waals surface area (Å²) in [6.07, 6.45) is 5.43. The summed E-state index contributed by atoms with van der Waals surface area (Å²) in [5.41, 5.74) is 2.40. The first-order chi connectivity index (χ1) is 12.1. The average molecular weight is 426 g/mol. The molecule has 0 spiro atoms. The van der Waals surface area contributed by atoms with Crippen LogP contribution in [0, 0.1) is 0 Å². The van der Waals surface area contributed by atoms with Gasteiger partial charge in [-0.05, 0) is 10.9 Å². The zero-order chi connectivity index (χ0) is 17.6. The van der Waals surface area contributed by atoms with Crippen molar-refractivity contribution in [2.24, 2.45) is 0 Å². The van der Waals surface area contributed by atoms with E-state index in [0.29, 0.717) is 23.1 Å². The molecule has 0 unspecified atom stereocenters. The van der Waals surface area contributed by atoms with E-state index in [9.17, 15) is 4.79 Å². The first-order valence-corrected chi connectivity index (χ1v) is 11.9. The number of rotatable bonds is 7. The van der Waals surface area contributed by atoms with Gasteiger partial charge in [0.05, 0.1) is 12.5 Å². The number of nitrogens with zero attached hydrogens (tertiary/aromatic N) is 2. The molecule has 0 atom stereocenters. The first-order valence-electron chi connectivity index (χ1n) is 7.92. The van der Waals surface area contributed by atoms with E-state index in [1.807, 2.05) is 35.7 Å². The van der Waals surface area contributed by atoms with Gasteiger partial charge in [-0.25, -0.2) is 9.97 Å². The highest BCUT2D eigenvalue weighted by Gasteiger charge is 2.14. The third kappa shape index (κ3) is 5.54. The molecule has 8 heteroatoms. The number of amides is 1. The lowest BCUT2D eigenvalue weighted by molar-refractivity contribution is -0.0000133. The Balaban J connectivity index is 0.00000243. The van der Waals surface area contributed by atoms with Crippen LogP contribution in [0.1, 0.15) is 16.9 Å². The van der Waals surface area contributed by atoms with E-state index in [-0.39, 0.29) is 18.3 Å². The van der Waals surface area contributed by atoms with Crippen LogP contribution >= 0.6 is 22.7 Å². The maximum absolute atomic E-state index is 12.2. The minimum atomic E-state index is -0.104. The van der Waals surface area contributed by atoms with Gasteiger partial charge in [0.2, 0.25) is 0 Å². The van der Waals surface area contributed by atoms with Crippen molar-refractivity contribution < 1.29 is 17.2 Å². The maximum atomic E-state index is 12.2. The Morgan fingerprint density at radius 2 is 1.81 bits per heavy atom. The number of benzene rings is 1. The Kier molecular flexibility index (Phi) is 8.09. The number of carbonyl (C=O) groups is 1. The van der Waals surface area contributed by atoms with E-state index in [1.54, 1.807) is 16.7 Å². The highest BCUT2D eigenvalue weighted by molar-refractivity contribution is 7.95. The van der Waals surface area contributed by atoms with Crippen molar-refractivity contribution in [1.82, 2.24) is 15.3 Å². The molecule has 1 aromatic carbocycles. The van der Waals surface area contributed by atoms with E-state index in [4.69, 9.17) is 0 Å². The Morgan fingerprint density at radius 1 is 1.08 bits per heavy atom. The van der Waals surface area contributed by atoms with Gasteiger partial charge in [0.25, 0.3) is 5.91 Å². The van der Waals surface area contributed by atoms with Crippen LogP contribution in [0.3, 0.4) is 0 Å².